The molecule has 1 aliphatic heterocycles. The second-order valence-corrected chi connectivity index (χ2v) is 6.38. The molecule has 3 N–H and O–H groups in total. The lowest BCUT2D eigenvalue weighted by Gasteiger charge is -2.32. The molecule has 1 fully saturated rings. The molecule has 3 heterocycles. The third-order valence-electron chi connectivity index (χ3n) is 4.24. The van der Waals surface area contributed by atoms with Gasteiger partial charge in [0, 0.05) is 25.2 Å². The number of nitrogens with two attached hydrogens (primary N) is 1. The van der Waals surface area contributed by atoms with E-state index in [1.165, 1.54) is 6.07 Å². The summed E-state index contributed by atoms with van der Waals surface area (Å²) in [6.45, 7) is 1.77. The number of halogens is 1. The monoisotopic (exact) mass is 362 g/mol. The predicted molar refractivity (Wildman–Crippen MR) is 93.3 cm³/mol. The van der Waals surface area contributed by atoms with Crippen molar-refractivity contribution in [2.75, 3.05) is 18.0 Å². The average molecular weight is 363 g/mol. The number of furan rings is 1. The van der Waals surface area contributed by atoms with E-state index in [2.05, 4.69) is 15.2 Å². The number of aromatic nitrogens is 1. The van der Waals surface area contributed by atoms with Crippen LogP contribution in [0.4, 0.5) is 5.82 Å². The van der Waals surface area contributed by atoms with Crippen molar-refractivity contribution in [3.05, 3.63) is 47.0 Å². The zero-order valence-electron chi connectivity index (χ0n) is 13.6. The predicted octanol–water partition coefficient (Wildman–Crippen LogP) is 1.96. The molecule has 0 bridgehead atoms. The van der Waals surface area contributed by atoms with E-state index in [0.717, 1.165) is 31.7 Å². The smallest absolute Gasteiger partial charge is 0.284 e. The molecule has 25 heavy (non-hydrogen) atoms. The number of rotatable bonds is 5. The number of anilines is 1. The van der Waals surface area contributed by atoms with Crippen molar-refractivity contribution < 1.29 is 14.0 Å². The van der Waals surface area contributed by atoms with Crippen LogP contribution in [0.25, 0.3) is 0 Å². The number of pyridine rings is 1. The Morgan fingerprint density at radius 1 is 1.28 bits per heavy atom. The Labute approximate surface area is 150 Å². The van der Waals surface area contributed by atoms with Crippen LogP contribution in [0, 0.1) is 5.92 Å². The molecule has 132 valence electrons. The molecule has 3 rings (SSSR count). The van der Waals surface area contributed by atoms with Crippen LogP contribution in [0.5, 0.6) is 0 Å². The van der Waals surface area contributed by atoms with Crippen molar-refractivity contribution in [1.82, 2.24) is 10.3 Å². The number of hydrogen-bond donors (Lipinski definition) is 2. The Bertz CT molecular complexity index is 752. The number of carbonyl (C=O) groups is 2. The molecule has 0 spiro atoms. The number of nitrogens with zero attached hydrogens (tertiary/aromatic N) is 2. The Hall–Kier alpha value is -2.54. The summed E-state index contributed by atoms with van der Waals surface area (Å²) in [6, 6.07) is 6.83. The van der Waals surface area contributed by atoms with Gasteiger partial charge in [-0.2, -0.15) is 0 Å². The van der Waals surface area contributed by atoms with E-state index in [0.29, 0.717) is 10.8 Å². The van der Waals surface area contributed by atoms with E-state index < -0.39 is 5.91 Å². The Kier molecular flexibility index (Phi) is 5.23. The second-order valence-electron chi connectivity index (χ2n) is 5.94. The van der Waals surface area contributed by atoms with Crippen LogP contribution in [0.1, 0.15) is 29.2 Å². The third-order valence-corrected chi connectivity index (χ3v) is 4.47. The van der Waals surface area contributed by atoms with Gasteiger partial charge in [0.25, 0.3) is 5.91 Å². The third kappa shape index (κ3) is 4.30. The minimum absolute atomic E-state index is 0.0132. The summed E-state index contributed by atoms with van der Waals surface area (Å²) in [6.07, 6.45) is 3.13. The highest BCUT2D eigenvalue weighted by atomic mass is 35.5. The summed E-state index contributed by atoms with van der Waals surface area (Å²) >= 11 is 5.85. The molecule has 0 unspecified atom stereocenters. The maximum atomic E-state index is 12.3. The minimum Gasteiger partial charge on any atom is -0.454 e. The van der Waals surface area contributed by atoms with Crippen LogP contribution in [0.3, 0.4) is 0 Å². The number of primary amides is 1. The molecule has 0 aliphatic carbocycles. The van der Waals surface area contributed by atoms with Gasteiger partial charge in [-0.25, -0.2) is 4.98 Å². The van der Waals surface area contributed by atoms with Crippen LogP contribution in [-0.4, -0.2) is 29.9 Å². The molecule has 1 saturated heterocycles. The van der Waals surface area contributed by atoms with E-state index in [1.807, 2.05) is 12.1 Å². The number of piperidine rings is 1. The SMILES string of the molecule is NC(=O)c1ccc(CNC(=O)C2CCN(c3ccc(Cl)cn3)CC2)o1. The van der Waals surface area contributed by atoms with Crippen LogP contribution in [0.2, 0.25) is 5.02 Å². The van der Waals surface area contributed by atoms with E-state index in [9.17, 15) is 9.59 Å². The molecule has 7 nitrogen and oxygen atoms in total. The molecule has 0 radical (unpaired) electrons. The molecular formula is C17H19ClN4O3. The first-order valence-electron chi connectivity index (χ1n) is 8.05. The van der Waals surface area contributed by atoms with E-state index in [1.54, 1.807) is 12.3 Å². The van der Waals surface area contributed by atoms with Gasteiger partial charge >= 0.3 is 0 Å². The molecule has 1 aliphatic rings. The number of carbonyl (C=O) groups excluding carboxylic acids is 2. The van der Waals surface area contributed by atoms with Crippen LogP contribution >= 0.6 is 11.6 Å². The summed E-state index contributed by atoms with van der Waals surface area (Å²) < 4.78 is 5.25. The topological polar surface area (TPSA) is 101 Å². The summed E-state index contributed by atoms with van der Waals surface area (Å²) in [7, 11) is 0. The van der Waals surface area contributed by atoms with Gasteiger partial charge in [0.05, 0.1) is 11.6 Å². The fourth-order valence-corrected chi connectivity index (χ4v) is 2.96. The zero-order chi connectivity index (χ0) is 17.8. The maximum absolute atomic E-state index is 12.3. The van der Waals surface area contributed by atoms with Gasteiger partial charge in [-0.1, -0.05) is 11.6 Å². The Morgan fingerprint density at radius 2 is 2.04 bits per heavy atom. The first-order valence-corrected chi connectivity index (χ1v) is 8.43. The summed E-state index contributed by atoms with van der Waals surface area (Å²) in [4.78, 5) is 29.7. The molecule has 2 amide bonds. The zero-order valence-corrected chi connectivity index (χ0v) is 14.3. The molecule has 0 atom stereocenters. The molecular weight excluding hydrogens is 344 g/mol. The van der Waals surface area contributed by atoms with Gasteiger partial charge in [0.15, 0.2) is 5.76 Å². The van der Waals surface area contributed by atoms with Crippen LogP contribution in [-0.2, 0) is 11.3 Å². The molecule has 8 heteroatoms. The Morgan fingerprint density at radius 3 is 2.64 bits per heavy atom. The van der Waals surface area contributed by atoms with Gasteiger partial charge in [-0.05, 0) is 37.1 Å². The van der Waals surface area contributed by atoms with Crippen molar-refractivity contribution >= 4 is 29.2 Å². The maximum Gasteiger partial charge on any atom is 0.284 e. The van der Waals surface area contributed by atoms with Gasteiger partial charge < -0.3 is 20.4 Å². The fourth-order valence-electron chi connectivity index (χ4n) is 2.85. The van der Waals surface area contributed by atoms with Crippen molar-refractivity contribution in [2.45, 2.75) is 19.4 Å². The lowest BCUT2D eigenvalue weighted by Crippen LogP contribution is -2.40. The second kappa shape index (κ2) is 7.57. The van der Waals surface area contributed by atoms with Crippen LogP contribution < -0.4 is 16.0 Å². The Balaban J connectivity index is 1.47. The van der Waals surface area contributed by atoms with Crippen molar-refractivity contribution in [3.8, 4) is 0 Å². The van der Waals surface area contributed by atoms with Crippen molar-refractivity contribution in [1.29, 1.82) is 0 Å². The highest BCUT2D eigenvalue weighted by Gasteiger charge is 2.25. The molecule has 0 aromatic carbocycles. The van der Waals surface area contributed by atoms with E-state index >= 15 is 0 Å². The molecule has 2 aromatic rings. The first kappa shape index (κ1) is 17.3. The average Bonchev–Trinajstić information content (AvgIpc) is 3.10. The highest BCUT2D eigenvalue weighted by Crippen LogP contribution is 2.23. The van der Waals surface area contributed by atoms with Gasteiger partial charge in [-0.3, -0.25) is 9.59 Å². The number of nitrogens with one attached hydrogen (secondary N) is 1. The fraction of sp³-hybridized carbons (Fsp3) is 0.353. The van der Waals surface area contributed by atoms with Gasteiger partial charge in [0.2, 0.25) is 5.91 Å². The summed E-state index contributed by atoms with van der Waals surface area (Å²) in [5.41, 5.74) is 5.13. The number of hydrogen-bond acceptors (Lipinski definition) is 5. The quantitative estimate of drug-likeness (QED) is 0.846. The lowest BCUT2D eigenvalue weighted by molar-refractivity contribution is -0.125. The lowest BCUT2D eigenvalue weighted by atomic mass is 9.96. The normalized spacial score (nSPS) is 15.2. The highest BCUT2D eigenvalue weighted by molar-refractivity contribution is 6.30. The van der Waals surface area contributed by atoms with Gasteiger partial charge in [0.1, 0.15) is 11.6 Å². The first-order chi connectivity index (χ1) is 12.0. The van der Waals surface area contributed by atoms with Crippen LogP contribution in [0.15, 0.2) is 34.9 Å². The van der Waals surface area contributed by atoms with E-state index in [-0.39, 0.29) is 24.1 Å². The molecule has 0 saturated carbocycles. The van der Waals surface area contributed by atoms with Crippen molar-refractivity contribution in [2.24, 2.45) is 11.7 Å². The summed E-state index contributed by atoms with van der Waals surface area (Å²) in [5.74, 6) is 0.784. The molecule has 2 aromatic heterocycles. The summed E-state index contributed by atoms with van der Waals surface area (Å²) in [5, 5.41) is 3.45. The van der Waals surface area contributed by atoms with Gasteiger partial charge in [-0.15, -0.1) is 0 Å². The minimum atomic E-state index is -0.624. The number of amides is 2. The van der Waals surface area contributed by atoms with Crippen molar-refractivity contribution in [3.63, 3.8) is 0 Å². The largest absolute Gasteiger partial charge is 0.454 e. The van der Waals surface area contributed by atoms with E-state index in [4.69, 9.17) is 21.8 Å². The standard InChI is InChI=1S/C17H19ClN4O3/c18-12-1-4-15(20-9-12)22-7-5-11(6-8-22)17(24)21-10-13-2-3-14(25-13)16(19)23/h1-4,9,11H,5-8,10H2,(H2,19,23)(H,21,24).